The largest absolute Gasteiger partial charge is 0.348 e. The lowest BCUT2D eigenvalue weighted by molar-refractivity contribution is -0.122. The van der Waals surface area contributed by atoms with Crippen molar-refractivity contribution in [1.82, 2.24) is 9.62 Å². The highest BCUT2D eigenvalue weighted by Gasteiger charge is 2.34. The van der Waals surface area contributed by atoms with Gasteiger partial charge in [0.15, 0.2) is 0 Å². The van der Waals surface area contributed by atoms with Gasteiger partial charge in [-0.1, -0.05) is 31.4 Å². The van der Waals surface area contributed by atoms with E-state index in [4.69, 9.17) is 0 Å². The van der Waals surface area contributed by atoms with Crippen LogP contribution < -0.4 is 5.32 Å². The Balaban J connectivity index is 1.82. The van der Waals surface area contributed by atoms with Crippen LogP contribution in [-0.4, -0.2) is 31.2 Å². The molecule has 1 fully saturated rings. The van der Waals surface area contributed by atoms with Gasteiger partial charge in [-0.2, -0.15) is 4.31 Å². The summed E-state index contributed by atoms with van der Waals surface area (Å²) in [5.41, 5.74) is 4.45. The number of benzene rings is 2. The van der Waals surface area contributed by atoms with Crippen LogP contribution in [0.25, 0.3) is 0 Å². The summed E-state index contributed by atoms with van der Waals surface area (Å²) in [4.78, 5) is 13.0. The van der Waals surface area contributed by atoms with E-state index in [0.717, 1.165) is 60.9 Å². The molecule has 1 aliphatic carbocycles. The molecule has 174 valence electrons. The molecule has 7 heteroatoms. The Labute approximate surface area is 191 Å². The van der Waals surface area contributed by atoms with Crippen molar-refractivity contribution in [3.05, 3.63) is 64.5 Å². The van der Waals surface area contributed by atoms with Gasteiger partial charge in [0.2, 0.25) is 15.9 Å². The molecule has 1 N–H and O–H groups in total. The molecule has 1 saturated carbocycles. The summed E-state index contributed by atoms with van der Waals surface area (Å²) in [5, 5.41) is 2.98. The van der Waals surface area contributed by atoms with E-state index in [1.165, 1.54) is 22.0 Å². The van der Waals surface area contributed by atoms with Crippen molar-refractivity contribution < 1.29 is 17.6 Å². The second-order valence-corrected chi connectivity index (χ2v) is 10.8. The summed E-state index contributed by atoms with van der Waals surface area (Å²) in [7, 11) is -3.93. The average molecular weight is 461 g/mol. The van der Waals surface area contributed by atoms with Gasteiger partial charge in [0.05, 0.1) is 17.5 Å². The molecule has 2 aromatic carbocycles. The van der Waals surface area contributed by atoms with E-state index >= 15 is 0 Å². The van der Waals surface area contributed by atoms with Crippen molar-refractivity contribution in [1.29, 1.82) is 0 Å². The van der Waals surface area contributed by atoms with E-state index < -0.39 is 15.8 Å². The highest BCUT2D eigenvalue weighted by atomic mass is 32.2. The van der Waals surface area contributed by atoms with Gasteiger partial charge in [0.1, 0.15) is 5.82 Å². The van der Waals surface area contributed by atoms with Gasteiger partial charge < -0.3 is 5.32 Å². The van der Waals surface area contributed by atoms with Gasteiger partial charge in [0.25, 0.3) is 0 Å². The van der Waals surface area contributed by atoms with Crippen LogP contribution in [0.15, 0.2) is 41.3 Å². The number of aryl methyl sites for hydroxylation is 3. The van der Waals surface area contributed by atoms with Crippen molar-refractivity contribution in [3.8, 4) is 0 Å². The summed E-state index contributed by atoms with van der Waals surface area (Å²) in [6.07, 6.45) is 4.37. The maximum absolute atomic E-state index is 13.4. The first-order valence-electron chi connectivity index (χ1n) is 11.2. The quantitative estimate of drug-likeness (QED) is 0.636. The number of nitrogens with zero attached hydrogens (tertiary/aromatic N) is 1. The van der Waals surface area contributed by atoms with E-state index in [-0.39, 0.29) is 29.4 Å². The normalized spacial score (nSPS) is 16.2. The number of rotatable bonds is 7. The molecule has 0 heterocycles. The molecule has 5 nitrogen and oxygen atoms in total. The fourth-order valence-corrected chi connectivity index (χ4v) is 6.12. The minimum absolute atomic E-state index is 0.00956. The molecule has 1 unspecified atom stereocenters. The van der Waals surface area contributed by atoms with Gasteiger partial charge in [-0.15, -0.1) is 0 Å². The highest BCUT2D eigenvalue weighted by Crippen LogP contribution is 2.28. The van der Waals surface area contributed by atoms with Crippen LogP contribution in [0, 0.1) is 26.6 Å². The maximum atomic E-state index is 13.4. The molecule has 0 bridgehead atoms. The molecule has 0 aromatic heterocycles. The van der Waals surface area contributed by atoms with Crippen LogP contribution in [0.5, 0.6) is 0 Å². The molecule has 0 radical (unpaired) electrons. The standard InChI is InChI=1S/C25H33FN2O3S/c1-17-14-19(3)24(15-18(17)2)20(4)27-25(29)16-28(22-8-6-5-7-9-22)32(30,31)23-12-10-21(26)11-13-23/h10-15,20,22H,5-9,16H2,1-4H3,(H,27,29). The third-order valence-electron chi connectivity index (χ3n) is 6.43. The summed E-state index contributed by atoms with van der Waals surface area (Å²) in [6.45, 7) is 7.76. The molecular formula is C25H33FN2O3S. The van der Waals surface area contributed by atoms with Crippen LogP contribution in [0.4, 0.5) is 4.39 Å². The number of nitrogens with one attached hydrogen (secondary N) is 1. The molecule has 3 rings (SSSR count). The number of amides is 1. The fourth-order valence-electron chi connectivity index (χ4n) is 4.48. The van der Waals surface area contributed by atoms with E-state index in [0.29, 0.717) is 0 Å². The Bertz CT molecular complexity index is 1060. The zero-order valence-electron chi connectivity index (χ0n) is 19.3. The zero-order chi connectivity index (χ0) is 23.5. The van der Waals surface area contributed by atoms with Crippen molar-refractivity contribution in [3.63, 3.8) is 0 Å². The lowest BCUT2D eigenvalue weighted by Gasteiger charge is -2.33. The minimum atomic E-state index is -3.93. The Kier molecular flexibility index (Phi) is 7.72. The smallest absolute Gasteiger partial charge is 0.243 e. The number of hydrogen-bond acceptors (Lipinski definition) is 3. The molecule has 32 heavy (non-hydrogen) atoms. The Hall–Kier alpha value is -2.25. The first-order chi connectivity index (χ1) is 15.1. The summed E-state index contributed by atoms with van der Waals surface area (Å²) in [6, 6.07) is 8.49. The Morgan fingerprint density at radius 3 is 2.25 bits per heavy atom. The number of sulfonamides is 1. The van der Waals surface area contributed by atoms with Gasteiger partial charge in [-0.25, -0.2) is 12.8 Å². The second-order valence-electron chi connectivity index (χ2n) is 8.88. The van der Waals surface area contributed by atoms with Crippen molar-refractivity contribution in [2.75, 3.05) is 6.54 Å². The van der Waals surface area contributed by atoms with E-state index in [9.17, 15) is 17.6 Å². The zero-order valence-corrected chi connectivity index (χ0v) is 20.1. The molecule has 1 aliphatic rings. The molecule has 0 saturated heterocycles. The van der Waals surface area contributed by atoms with Crippen molar-refractivity contribution in [2.45, 2.75) is 76.8 Å². The van der Waals surface area contributed by atoms with Gasteiger partial charge in [0, 0.05) is 6.04 Å². The lowest BCUT2D eigenvalue weighted by Crippen LogP contribution is -2.47. The highest BCUT2D eigenvalue weighted by molar-refractivity contribution is 7.89. The molecule has 0 aliphatic heterocycles. The average Bonchev–Trinajstić information content (AvgIpc) is 2.75. The third kappa shape index (κ3) is 5.56. The second kappa shape index (κ2) is 10.1. The molecule has 0 spiro atoms. The minimum Gasteiger partial charge on any atom is -0.348 e. The SMILES string of the molecule is Cc1cc(C)c(C(C)NC(=O)CN(C2CCCCC2)S(=O)(=O)c2ccc(F)cc2)cc1C. The molecule has 1 atom stereocenters. The summed E-state index contributed by atoms with van der Waals surface area (Å²) < 4.78 is 41.5. The van der Waals surface area contributed by atoms with Crippen molar-refractivity contribution >= 4 is 15.9 Å². The monoisotopic (exact) mass is 460 g/mol. The predicted molar refractivity (Wildman–Crippen MR) is 124 cm³/mol. The van der Waals surface area contributed by atoms with E-state index in [2.05, 4.69) is 24.4 Å². The van der Waals surface area contributed by atoms with Gasteiger partial charge >= 0.3 is 0 Å². The number of carbonyl (C=O) groups is 1. The van der Waals surface area contributed by atoms with Gasteiger partial charge in [-0.05, 0) is 87.1 Å². The molecule has 2 aromatic rings. The third-order valence-corrected chi connectivity index (χ3v) is 8.34. The topological polar surface area (TPSA) is 66.5 Å². The van der Waals surface area contributed by atoms with Crippen molar-refractivity contribution in [2.24, 2.45) is 0 Å². The Morgan fingerprint density at radius 2 is 1.62 bits per heavy atom. The molecular weight excluding hydrogens is 427 g/mol. The first kappa shape index (κ1) is 24.4. The van der Waals surface area contributed by atoms with Gasteiger partial charge in [-0.3, -0.25) is 4.79 Å². The van der Waals surface area contributed by atoms with Crippen LogP contribution in [0.1, 0.15) is 67.3 Å². The number of halogens is 1. The Morgan fingerprint density at radius 1 is 1.03 bits per heavy atom. The maximum Gasteiger partial charge on any atom is 0.243 e. The number of hydrogen-bond donors (Lipinski definition) is 1. The first-order valence-corrected chi connectivity index (χ1v) is 12.7. The predicted octanol–water partition coefficient (Wildman–Crippen LogP) is 4.95. The molecule has 1 amide bonds. The summed E-state index contributed by atoms with van der Waals surface area (Å²) >= 11 is 0. The van der Waals surface area contributed by atoms with Crippen LogP contribution in [-0.2, 0) is 14.8 Å². The number of carbonyl (C=O) groups excluding carboxylic acids is 1. The van der Waals surface area contributed by atoms with Crippen LogP contribution in [0.3, 0.4) is 0 Å². The summed E-state index contributed by atoms with van der Waals surface area (Å²) in [5.74, 6) is -0.838. The van der Waals surface area contributed by atoms with Crippen LogP contribution >= 0.6 is 0 Å². The van der Waals surface area contributed by atoms with E-state index in [1.54, 1.807) is 0 Å². The fraction of sp³-hybridized carbons (Fsp3) is 0.480. The van der Waals surface area contributed by atoms with Crippen LogP contribution in [0.2, 0.25) is 0 Å². The lowest BCUT2D eigenvalue weighted by atomic mass is 9.95. The van der Waals surface area contributed by atoms with E-state index in [1.807, 2.05) is 20.8 Å².